The number of hydrogen-bond donors (Lipinski definition) is 0. The van der Waals surface area contributed by atoms with E-state index < -0.39 is 0 Å². The van der Waals surface area contributed by atoms with Gasteiger partial charge in [0, 0.05) is 17.0 Å². The smallest absolute Gasteiger partial charge is 0.231 e. The second-order valence-corrected chi connectivity index (χ2v) is 6.65. The third-order valence-electron chi connectivity index (χ3n) is 4.14. The van der Waals surface area contributed by atoms with Gasteiger partial charge in [-0.1, -0.05) is 11.8 Å². The SMILES string of the molecule is COc1cc2ncnc(SCC(=O)c3ccc4c(c3)OCO4)c2cc1OC. The Labute approximate surface area is 159 Å². The molecule has 0 atom stereocenters. The minimum Gasteiger partial charge on any atom is -0.493 e. The van der Waals surface area contributed by atoms with Crippen molar-refractivity contribution in [2.45, 2.75) is 5.03 Å². The number of ether oxygens (including phenoxy) is 4. The summed E-state index contributed by atoms with van der Waals surface area (Å²) in [6, 6.07) is 8.80. The van der Waals surface area contributed by atoms with E-state index in [0.717, 1.165) is 10.9 Å². The summed E-state index contributed by atoms with van der Waals surface area (Å²) in [7, 11) is 3.15. The van der Waals surface area contributed by atoms with E-state index in [9.17, 15) is 4.79 Å². The second kappa shape index (κ2) is 7.32. The minimum atomic E-state index is -0.0226. The molecule has 0 N–H and O–H groups in total. The van der Waals surface area contributed by atoms with Gasteiger partial charge in [0.2, 0.25) is 6.79 Å². The molecule has 0 saturated carbocycles. The molecule has 0 bridgehead atoms. The van der Waals surface area contributed by atoms with Gasteiger partial charge in [0.1, 0.15) is 11.4 Å². The van der Waals surface area contributed by atoms with Gasteiger partial charge in [0.05, 0.1) is 25.5 Å². The number of hydrogen-bond acceptors (Lipinski definition) is 8. The normalized spacial score (nSPS) is 12.2. The van der Waals surface area contributed by atoms with Crippen LogP contribution in [-0.2, 0) is 0 Å². The standard InChI is InChI=1S/C19H16N2O5S/c1-23-16-6-12-13(7-17(16)24-2)20-9-21-19(12)27-8-14(22)11-3-4-15-18(5-11)26-10-25-15/h3-7,9H,8,10H2,1-2H3. The van der Waals surface area contributed by atoms with Gasteiger partial charge in [0.25, 0.3) is 0 Å². The van der Waals surface area contributed by atoms with Gasteiger partial charge < -0.3 is 18.9 Å². The van der Waals surface area contributed by atoms with Gasteiger partial charge in [-0.25, -0.2) is 9.97 Å². The largest absolute Gasteiger partial charge is 0.493 e. The molecule has 27 heavy (non-hydrogen) atoms. The van der Waals surface area contributed by atoms with Crippen LogP contribution in [0.5, 0.6) is 23.0 Å². The maximum Gasteiger partial charge on any atom is 0.231 e. The number of nitrogens with zero attached hydrogens (tertiary/aromatic N) is 2. The lowest BCUT2D eigenvalue weighted by Crippen LogP contribution is -2.03. The number of carbonyl (C=O) groups is 1. The molecule has 2 heterocycles. The fraction of sp³-hybridized carbons (Fsp3) is 0.211. The van der Waals surface area contributed by atoms with Gasteiger partial charge in [-0.2, -0.15) is 0 Å². The average molecular weight is 384 g/mol. The van der Waals surface area contributed by atoms with Crippen LogP contribution < -0.4 is 18.9 Å². The summed E-state index contributed by atoms with van der Waals surface area (Å²) >= 11 is 1.35. The zero-order valence-electron chi connectivity index (χ0n) is 14.7. The van der Waals surface area contributed by atoms with Crippen molar-refractivity contribution >= 4 is 28.4 Å². The molecule has 2 aromatic carbocycles. The molecular weight excluding hydrogens is 368 g/mol. The number of carbonyl (C=O) groups excluding carboxylic acids is 1. The maximum absolute atomic E-state index is 12.6. The summed E-state index contributed by atoms with van der Waals surface area (Å²) in [4.78, 5) is 21.2. The first-order valence-electron chi connectivity index (χ1n) is 8.12. The molecule has 4 rings (SSSR count). The van der Waals surface area contributed by atoms with Gasteiger partial charge in [-0.3, -0.25) is 4.79 Å². The van der Waals surface area contributed by atoms with Gasteiger partial charge >= 0.3 is 0 Å². The summed E-state index contributed by atoms with van der Waals surface area (Å²) in [5.41, 5.74) is 1.30. The first kappa shape index (κ1) is 17.4. The van der Waals surface area contributed by atoms with Crippen LogP contribution in [0.3, 0.4) is 0 Å². The van der Waals surface area contributed by atoms with E-state index in [1.165, 1.54) is 18.1 Å². The van der Waals surface area contributed by atoms with Crippen LogP contribution in [-0.4, -0.2) is 42.5 Å². The highest BCUT2D eigenvalue weighted by Crippen LogP contribution is 2.36. The monoisotopic (exact) mass is 384 g/mol. The van der Waals surface area contributed by atoms with Crippen LogP contribution in [0.2, 0.25) is 0 Å². The van der Waals surface area contributed by atoms with Crippen LogP contribution in [0.1, 0.15) is 10.4 Å². The van der Waals surface area contributed by atoms with Gasteiger partial charge in [-0.05, 0) is 24.3 Å². The van der Waals surface area contributed by atoms with Crippen molar-refractivity contribution in [3.63, 3.8) is 0 Å². The minimum absolute atomic E-state index is 0.0226. The molecule has 8 heteroatoms. The Morgan fingerprint density at radius 3 is 2.67 bits per heavy atom. The highest BCUT2D eigenvalue weighted by Gasteiger charge is 2.17. The predicted molar refractivity (Wildman–Crippen MR) is 100 cm³/mol. The zero-order chi connectivity index (χ0) is 18.8. The van der Waals surface area contributed by atoms with Crippen LogP contribution in [0, 0.1) is 0 Å². The van der Waals surface area contributed by atoms with E-state index in [0.29, 0.717) is 33.6 Å². The summed E-state index contributed by atoms with van der Waals surface area (Å²) in [6.07, 6.45) is 1.47. The second-order valence-electron chi connectivity index (χ2n) is 5.68. The van der Waals surface area contributed by atoms with E-state index in [-0.39, 0.29) is 18.3 Å². The summed E-state index contributed by atoms with van der Waals surface area (Å²) in [5.74, 6) is 2.64. The lowest BCUT2D eigenvalue weighted by atomic mass is 10.1. The van der Waals surface area contributed by atoms with Crippen molar-refractivity contribution in [1.29, 1.82) is 0 Å². The molecule has 1 aliphatic heterocycles. The summed E-state index contributed by atoms with van der Waals surface area (Å²) < 4.78 is 21.3. The maximum atomic E-state index is 12.6. The summed E-state index contributed by atoms with van der Waals surface area (Å²) in [5, 5.41) is 1.51. The lowest BCUT2D eigenvalue weighted by molar-refractivity contribution is 0.102. The van der Waals surface area contributed by atoms with Gasteiger partial charge in [0.15, 0.2) is 28.8 Å². The van der Waals surface area contributed by atoms with Crippen LogP contribution in [0.4, 0.5) is 0 Å². The molecule has 0 fully saturated rings. The molecule has 1 aliphatic rings. The zero-order valence-corrected chi connectivity index (χ0v) is 15.5. The van der Waals surface area contributed by atoms with Gasteiger partial charge in [-0.15, -0.1) is 0 Å². The van der Waals surface area contributed by atoms with Crippen LogP contribution >= 0.6 is 11.8 Å². The highest BCUT2D eigenvalue weighted by molar-refractivity contribution is 8.00. The van der Waals surface area contributed by atoms with Crippen molar-refractivity contribution in [2.24, 2.45) is 0 Å². The number of methoxy groups -OCH3 is 2. The Bertz CT molecular complexity index is 1020. The highest BCUT2D eigenvalue weighted by atomic mass is 32.2. The van der Waals surface area contributed by atoms with Crippen molar-refractivity contribution < 1.29 is 23.7 Å². The third kappa shape index (κ3) is 3.35. The number of benzene rings is 2. The Kier molecular flexibility index (Phi) is 4.72. The molecule has 0 aliphatic carbocycles. The molecule has 0 amide bonds. The van der Waals surface area contributed by atoms with E-state index in [4.69, 9.17) is 18.9 Å². The predicted octanol–water partition coefficient (Wildman–Crippen LogP) is 3.35. The average Bonchev–Trinajstić information content (AvgIpc) is 3.18. The topological polar surface area (TPSA) is 79.8 Å². The Morgan fingerprint density at radius 2 is 1.85 bits per heavy atom. The van der Waals surface area contributed by atoms with Crippen molar-refractivity contribution in [2.75, 3.05) is 26.8 Å². The molecule has 0 saturated heterocycles. The van der Waals surface area contributed by atoms with E-state index in [2.05, 4.69) is 9.97 Å². The molecule has 0 radical (unpaired) electrons. The third-order valence-corrected chi connectivity index (χ3v) is 5.14. The summed E-state index contributed by atoms with van der Waals surface area (Å²) in [6.45, 7) is 0.181. The fourth-order valence-corrected chi connectivity index (χ4v) is 3.64. The van der Waals surface area contributed by atoms with E-state index >= 15 is 0 Å². The molecule has 3 aromatic rings. The number of aromatic nitrogens is 2. The molecular formula is C19H16N2O5S. The fourth-order valence-electron chi connectivity index (χ4n) is 2.76. The molecule has 7 nitrogen and oxygen atoms in total. The number of fused-ring (bicyclic) bond motifs is 2. The Balaban J connectivity index is 1.57. The molecule has 1 aromatic heterocycles. The Hall–Kier alpha value is -3.00. The quantitative estimate of drug-likeness (QED) is 0.364. The number of ketones is 1. The van der Waals surface area contributed by atoms with Crippen molar-refractivity contribution in [3.8, 4) is 23.0 Å². The molecule has 138 valence electrons. The number of thioether (sulfide) groups is 1. The lowest BCUT2D eigenvalue weighted by Gasteiger charge is -2.10. The molecule has 0 unspecified atom stereocenters. The van der Waals surface area contributed by atoms with E-state index in [1.54, 1.807) is 38.5 Å². The first-order valence-corrected chi connectivity index (χ1v) is 9.10. The first-order chi connectivity index (χ1) is 13.2. The van der Waals surface area contributed by atoms with Crippen LogP contribution in [0.15, 0.2) is 41.7 Å². The van der Waals surface area contributed by atoms with Crippen molar-refractivity contribution in [3.05, 3.63) is 42.2 Å². The van der Waals surface area contributed by atoms with Crippen molar-refractivity contribution in [1.82, 2.24) is 9.97 Å². The Morgan fingerprint density at radius 1 is 1.07 bits per heavy atom. The van der Waals surface area contributed by atoms with Crippen LogP contribution in [0.25, 0.3) is 10.9 Å². The van der Waals surface area contributed by atoms with E-state index in [1.807, 2.05) is 6.07 Å². The molecule has 0 spiro atoms. The number of rotatable bonds is 6. The number of Topliss-reactive ketones (excluding diaryl/α,β-unsaturated/α-hetero) is 1.